The van der Waals surface area contributed by atoms with E-state index in [0.29, 0.717) is 15.0 Å². The molecule has 0 atom stereocenters. The Morgan fingerprint density at radius 3 is 2.50 bits per heavy atom. The molecule has 0 aliphatic carbocycles. The number of rotatable bonds is 2. The second kappa shape index (κ2) is 3.99. The molecule has 2 nitrogen and oxygen atoms in total. The summed E-state index contributed by atoms with van der Waals surface area (Å²) >= 11 is 0.482. The van der Waals surface area contributed by atoms with Crippen molar-refractivity contribution in [3.8, 4) is 5.69 Å². The topological polar surface area (TPSA) is 17.8 Å². The monoisotopic (exact) mass is 252 g/mol. The van der Waals surface area contributed by atoms with Gasteiger partial charge in [0.1, 0.15) is 0 Å². The Hall–Kier alpha value is -1.05. The van der Waals surface area contributed by atoms with E-state index in [-0.39, 0.29) is 0 Å². The molecule has 14 heavy (non-hydrogen) atoms. The van der Waals surface area contributed by atoms with Crippen molar-refractivity contribution in [1.29, 1.82) is 0 Å². The molecule has 2 aromatic rings. The summed E-state index contributed by atoms with van der Waals surface area (Å²) in [7, 11) is 0. The summed E-state index contributed by atoms with van der Waals surface area (Å²) in [5.41, 5.74) is 2.47. The van der Waals surface area contributed by atoms with Crippen molar-refractivity contribution in [1.82, 2.24) is 9.55 Å². The second-order valence-corrected chi connectivity index (χ2v) is 4.89. The molecule has 1 aromatic carbocycles. The molecule has 0 unspecified atom stereocenters. The summed E-state index contributed by atoms with van der Waals surface area (Å²) in [5, 5.41) is 0. The Balaban J connectivity index is 2.34. The van der Waals surface area contributed by atoms with E-state index < -0.39 is 0 Å². The summed E-state index contributed by atoms with van der Waals surface area (Å²) in [6, 6.07) is 8.46. The van der Waals surface area contributed by atoms with Crippen LogP contribution in [-0.2, 0) is 0 Å². The molecule has 0 saturated heterocycles. The number of imidazole rings is 1. The Morgan fingerprint density at radius 2 is 1.93 bits per heavy atom. The second-order valence-electron chi connectivity index (χ2n) is 3.16. The number of aryl methyl sites for hydroxylation is 1. The maximum atomic E-state index is 4.32. The summed E-state index contributed by atoms with van der Waals surface area (Å²) < 4.78 is 3.26. The van der Waals surface area contributed by atoms with Crippen molar-refractivity contribution in [3.05, 3.63) is 42.4 Å². The van der Waals surface area contributed by atoms with Crippen LogP contribution < -0.4 is 4.59 Å². The molecule has 0 N–H and O–H groups in total. The molecule has 0 aliphatic heterocycles. The Kier molecular flexibility index (Phi) is 2.71. The molecule has 0 saturated carbocycles. The van der Waals surface area contributed by atoms with Gasteiger partial charge in [0, 0.05) is 0 Å². The quantitative estimate of drug-likeness (QED) is 0.741. The zero-order valence-electron chi connectivity index (χ0n) is 8.27. The Labute approximate surface area is 90.1 Å². The summed E-state index contributed by atoms with van der Waals surface area (Å²) in [4.78, 5) is 4.32. The molecular weight excluding hydrogens is 239 g/mol. The van der Waals surface area contributed by atoms with Crippen molar-refractivity contribution in [3.63, 3.8) is 0 Å². The zero-order valence-corrected chi connectivity index (χ0v) is 9.98. The van der Waals surface area contributed by atoms with Crippen molar-refractivity contribution in [2.75, 3.05) is 0 Å². The predicted octanol–water partition coefficient (Wildman–Crippen LogP) is 1.56. The summed E-state index contributed by atoms with van der Waals surface area (Å²) in [6.45, 7) is 2.10. The van der Waals surface area contributed by atoms with Crippen molar-refractivity contribution in [2.24, 2.45) is 0 Å². The van der Waals surface area contributed by atoms with Gasteiger partial charge in [0.2, 0.25) is 0 Å². The van der Waals surface area contributed by atoms with Gasteiger partial charge in [-0.05, 0) is 0 Å². The fourth-order valence-corrected chi connectivity index (χ4v) is 2.05. The van der Waals surface area contributed by atoms with E-state index in [1.807, 2.05) is 6.33 Å². The SMILES string of the molecule is C[Se]c1cn(-c2ccc(C)cc2)cn1. The van der Waals surface area contributed by atoms with Gasteiger partial charge in [-0.1, -0.05) is 0 Å². The van der Waals surface area contributed by atoms with Gasteiger partial charge in [0.25, 0.3) is 0 Å². The van der Waals surface area contributed by atoms with Crippen LogP contribution in [0, 0.1) is 6.92 Å². The van der Waals surface area contributed by atoms with Crippen molar-refractivity contribution < 1.29 is 0 Å². The standard InChI is InChI=1S/C11H12N2Se/c1-9-3-5-10(6-4-9)13-7-11(14-2)12-8-13/h3-8H,1-2H3. The van der Waals surface area contributed by atoms with Crippen molar-refractivity contribution >= 4 is 19.5 Å². The summed E-state index contributed by atoms with van der Waals surface area (Å²) in [6.07, 6.45) is 3.98. The first-order valence-electron chi connectivity index (χ1n) is 4.44. The molecule has 0 spiro atoms. The number of hydrogen-bond acceptors (Lipinski definition) is 1. The van der Waals surface area contributed by atoms with Gasteiger partial charge in [0.05, 0.1) is 0 Å². The first-order valence-corrected chi connectivity index (χ1v) is 7.01. The van der Waals surface area contributed by atoms with Crippen LogP contribution >= 0.6 is 0 Å². The molecule has 0 aliphatic rings. The van der Waals surface area contributed by atoms with Crippen LogP contribution in [0.15, 0.2) is 36.8 Å². The zero-order chi connectivity index (χ0) is 9.97. The van der Waals surface area contributed by atoms with E-state index in [9.17, 15) is 0 Å². The minimum atomic E-state index is 0.482. The molecule has 1 heterocycles. The van der Waals surface area contributed by atoms with Crippen LogP contribution in [0.5, 0.6) is 0 Å². The molecule has 0 bridgehead atoms. The van der Waals surface area contributed by atoms with Gasteiger partial charge < -0.3 is 0 Å². The van der Waals surface area contributed by atoms with Crippen LogP contribution in [0.2, 0.25) is 5.82 Å². The fourth-order valence-electron chi connectivity index (χ4n) is 1.27. The number of aromatic nitrogens is 2. The van der Waals surface area contributed by atoms with Gasteiger partial charge in [-0.25, -0.2) is 0 Å². The van der Waals surface area contributed by atoms with Gasteiger partial charge >= 0.3 is 89.9 Å². The van der Waals surface area contributed by atoms with Gasteiger partial charge in [-0.3, -0.25) is 0 Å². The van der Waals surface area contributed by atoms with Crippen LogP contribution in [-0.4, -0.2) is 24.5 Å². The van der Waals surface area contributed by atoms with E-state index in [1.165, 1.54) is 15.8 Å². The molecule has 72 valence electrons. The molecule has 1 aromatic heterocycles. The molecule has 2 rings (SSSR count). The van der Waals surface area contributed by atoms with Crippen molar-refractivity contribution in [2.45, 2.75) is 12.7 Å². The van der Waals surface area contributed by atoms with Crippen LogP contribution in [0.4, 0.5) is 0 Å². The van der Waals surface area contributed by atoms with Gasteiger partial charge in [-0.2, -0.15) is 0 Å². The minimum absolute atomic E-state index is 0.482. The Morgan fingerprint density at radius 1 is 1.21 bits per heavy atom. The van der Waals surface area contributed by atoms with E-state index in [0.717, 1.165) is 0 Å². The van der Waals surface area contributed by atoms with Crippen LogP contribution in [0.25, 0.3) is 5.69 Å². The number of benzene rings is 1. The molecule has 0 fully saturated rings. The average molecular weight is 251 g/mol. The first-order chi connectivity index (χ1) is 6.79. The van der Waals surface area contributed by atoms with E-state index in [2.05, 4.69) is 52.8 Å². The van der Waals surface area contributed by atoms with Gasteiger partial charge in [-0.15, -0.1) is 0 Å². The third-order valence-electron chi connectivity index (χ3n) is 2.10. The normalized spacial score (nSPS) is 10.4. The van der Waals surface area contributed by atoms with Crippen LogP contribution in [0.1, 0.15) is 5.56 Å². The van der Waals surface area contributed by atoms with Crippen LogP contribution in [0.3, 0.4) is 0 Å². The molecule has 0 amide bonds. The predicted molar refractivity (Wildman–Crippen MR) is 59.6 cm³/mol. The van der Waals surface area contributed by atoms with E-state index in [4.69, 9.17) is 0 Å². The Bertz CT molecular complexity index is 417. The fraction of sp³-hybridized carbons (Fsp3) is 0.182. The third kappa shape index (κ3) is 1.89. The number of nitrogens with zero attached hydrogens (tertiary/aromatic N) is 2. The molecular formula is C11H12N2Se. The average Bonchev–Trinajstić information content (AvgIpc) is 2.67. The number of hydrogen-bond donors (Lipinski definition) is 0. The molecule has 3 heteroatoms. The maximum absolute atomic E-state index is 4.32. The molecule has 0 radical (unpaired) electrons. The van der Waals surface area contributed by atoms with Gasteiger partial charge in [0.15, 0.2) is 0 Å². The first kappa shape index (κ1) is 9.50. The van der Waals surface area contributed by atoms with E-state index in [1.54, 1.807) is 0 Å². The summed E-state index contributed by atoms with van der Waals surface area (Å²) in [5.74, 6) is 2.18. The van der Waals surface area contributed by atoms with E-state index >= 15 is 0 Å². The third-order valence-corrected chi connectivity index (χ3v) is 3.42.